The number of aromatic nitrogens is 1. The zero-order valence-corrected chi connectivity index (χ0v) is 19.0. The summed E-state index contributed by atoms with van der Waals surface area (Å²) in [6.07, 6.45) is 2.39. The number of hydrogen-bond donors (Lipinski definition) is 2. The lowest BCUT2D eigenvalue weighted by Gasteiger charge is -2.22. The van der Waals surface area contributed by atoms with Gasteiger partial charge in [-0.05, 0) is 86.2 Å². The predicted octanol–water partition coefficient (Wildman–Crippen LogP) is 4.93. The third-order valence-corrected chi connectivity index (χ3v) is 5.84. The van der Waals surface area contributed by atoms with Crippen LogP contribution in [0.3, 0.4) is 0 Å². The molecule has 4 aromatic rings. The van der Waals surface area contributed by atoms with E-state index in [1.807, 2.05) is 55.4 Å². The number of methoxy groups -OCH3 is 1. The molecule has 0 aliphatic carbocycles. The van der Waals surface area contributed by atoms with Crippen molar-refractivity contribution in [2.24, 2.45) is 0 Å². The quantitative estimate of drug-likeness (QED) is 0.380. The zero-order chi connectivity index (χ0) is 23.4. The van der Waals surface area contributed by atoms with Crippen LogP contribution >= 0.6 is 0 Å². The Morgan fingerprint density at radius 3 is 2.64 bits per heavy atom. The van der Waals surface area contributed by atoms with Crippen LogP contribution in [0, 0.1) is 5.82 Å². The molecule has 0 saturated carbocycles. The monoisotopic (exact) mass is 449 g/mol. The molecule has 2 aromatic heterocycles. The average molecular weight is 450 g/mol. The number of hydrogen-bond acceptors (Lipinski definition) is 4. The first-order valence-electron chi connectivity index (χ1n) is 10.9. The minimum atomic E-state index is -0.305. The van der Waals surface area contributed by atoms with Gasteiger partial charge >= 0.3 is 0 Å². The van der Waals surface area contributed by atoms with Crippen LogP contribution in [0.2, 0.25) is 0 Å². The highest BCUT2D eigenvalue weighted by atomic mass is 19.1. The molecule has 0 spiro atoms. The number of carbonyl (C=O) groups excluding carboxylic acids is 1. The maximum absolute atomic E-state index is 14.0. The SMILES string of the molecule is COc1ccc(-c2[nH]c3ccc(F)cc3c2CCC(=O)NCC(c2ccco2)N(C)C)cc1. The second kappa shape index (κ2) is 9.92. The van der Waals surface area contributed by atoms with Gasteiger partial charge in [0.25, 0.3) is 0 Å². The number of furan rings is 1. The largest absolute Gasteiger partial charge is 0.497 e. The van der Waals surface area contributed by atoms with Gasteiger partial charge in [0.15, 0.2) is 0 Å². The number of rotatable bonds is 9. The lowest BCUT2D eigenvalue weighted by atomic mass is 10.0. The van der Waals surface area contributed by atoms with Crippen molar-refractivity contribution in [3.05, 3.63) is 78.0 Å². The van der Waals surface area contributed by atoms with Crippen LogP contribution in [-0.2, 0) is 11.2 Å². The van der Waals surface area contributed by atoms with Crippen molar-refractivity contribution < 1.29 is 18.3 Å². The molecule has 6 nitrogen and oxygen atoms in total. The fourth-order valence-electron chi connectivity index (χ4n) is 4.04. The van der Waals surface area contributed by atoms with Gasteiger partial charge in [-0.25, -0.2) is 4.39 Å². The number of nitrogens with one attached hydrogen (secondary N) is 2. The Morgan fingerprint density at radius 2 is 1.97 bits per heavy atom. The molecule has 2 heterocycles. The summed E-state index contributed by atoms with van der Waals surface area (Å²) >= 11 is 0. The molecule has 0 saturated heterocycles. The molecule has 2 N–H and O–H groups in total. The highest BCUT2D eigenvalue weighted by Gasteiger charge is 2.19. The highest BCUT2D eigenvalue weighted by molar-refractivity contribution is 5.91. The first-order chi connectivity index (χ1) is 16.0. The van der Waals surface area contributed by atoms with E-state index in [1.165, 1.54) is 12.1 Å². The van der Waals surface area contributed by atoms with Gasteiger partial charge in [-0.3, -0.25) is 9.69 Å². The second-order valence-electron chi connectivity index (χ2n) is 8.20. The molecule has 1 unspecified atom stereocenters. The van der Waals surface area contributed by atoms with E-state index in [-0.39, 0.29) is 24.2 Å². The van der Waals surface area contributed by atoms with Crippen molar-refractivity contribution in [3.63, 3.8) is 0 Å². The van der Waals surface area contributed by atoms with Gasteiger partial charge in [-0.15, -0.1) is 0 Å². The first-order valence-corrected chi connectivity index (χ1v) is 10.9. The zero-order valence-electron chi connectivity index (χ0n) is 19.0. The topological polar surface area (TPSA) is 70.5 Å². The number of nitrogens with zero attached hydrogens (tertiary/aromatic N) is 1. The summed E-state index contributed by atoms with van der Waals surface area (Å²) in [5.41, 5.74) is 3.59. The van der Waals surface area contributed by atoms with Crippen molar-refractivity contribution in [1.82, 2.24) is 15.2 Å². The number of aryl methyl sites for hydroxylation is 1. The highest BCUT2D eigenvalue weighted by Crippen LogP contribution is 2.32. The van der Waals surface area contributed by atoms with Gasteiger partial charge in [-0.2, -0.15) is 0 Å². The predicted molar refractivity (Wildman–Crippen MR) is 127 cm³/mol. The van der Waals surface area contributed by atoms with E-state index in [4.69, 9.17) is 9.15 Å². The maximum Gasteiger partial charge on any atom is 0.220 e. The van der Waals surface area contributed by atoms with E-state index >= 15 is 0 Å². The second-order valence-corrected chi connectivity index (χ2v) is 8.20. The van der Waals surface area contributed by atoms with E-state index in [2.05, 4.69) is 10.3 Å². The van der Waals surface area contributed by atoms with Crippen molar-refractivity contribution in [1.29, 1.82) is 0 Å². The summed E-state index contributed by atoms with van der Waals surface area (Å²) in [6.45, 7) is 0.438. The Kier molecular flexibility index (Phi) is 6.79. The van der Waals surface area contributed by atoms with Crippen molar-refractivity contribution in [3.8, 4) is 17.0 Å². The van der Waals surface area contributed by atoms with Gasteiger partial charge in [0.1, 0.15) is 17.3 Å². The molecule has 0 bridgehead atoms. The molecular formula is C26H28FN3O3. The lowest BCUT2D eigenvalue weighted by Crippen LogP contribution is -2.34. The molecule has 33 heavy (non-hydrogen) atoms. The number of ether oxygens (including phenoxy) is 1. The van der Waals surface area contributed by atoms with Crippen molar-refractivity contribution in [2.75, 3.05) is 27.7 Å². The number of fused-ring (bicyclic) bond motifs is 1. The summed E-state index contributed by atoms with van der Waals surface area (Å²) in [5.74, 6) is 1.18. The smallest absolute Gasteiger partial charge is 0.220 e. The molecule has 0 aliphatic rings. The van der Waals surface area contributed by atoms with E-state index < -0.39 is 0 Å². The summed E-state index contributed by atoms with van der Waals surface area (Å²) in [7, 11) is 5.51. The standard InChI is InChI=1S/C26H28FN3O3/c1-30(2)23(24-5-4-14-33-24)16-28-25(31)13-11-20-21-15-18(27)8-12-22(21)29-26(20)17-6-9-19(32-3)10-7-17/h4-10,12,14-15,23,29H,11,13,16H2,1-3H3,(H,28,31). The van der Waals surface area contributed by atoms with E-state index in [0.29, 0.717) is 13.0 Å². The number of halogens is 1. The number of carbonyl (C=O) groups is 1. The Bertz CT molecular complexity index is 1210. The van der Waals surface area contributed by atoms with Crippen molar-refractivity contribution in [2.45, 2.75) is 18.9 Å². The summed E-state index contributed by atoms with van der Waals surface area (Å²) in [4.78, 5) is 18.1. The first kappa shape index (κ1) is 22.6. The molecule has 0 radical (unpaired) electrons. The fraction of sp³-hybridized carbons (Fsp3) is 0.269. The maximum atomic E-state index is 14.0. The average Bonchev–Trinajstić information content (AvgIpc) is 3.46. The minimum Gasteiger partial charge on any atom is -0.497 e. The molecule has 0 aliphatic heterocycles. The molecule has 0 fully saturated rings. The molecule has 1 amide bonds. The van der Waals surface area contributed by atoms with Crippen LogP contribution in [0.4, 0.5) is 4.39 Å². The van der Waals surface area contributed by atoms with Crippen molar-refractivity contribution >= 4 is 16.8 Å². The number of likely N-dealkylation sites (N-methyl/N-ethyl adjacent to an activating group) is 1. The van der Waals surface area contributed by atoms with Crippen LogP contribution in [0.15, 0.2) is 65.3 Å². The summed E-state index contributed by atoms with van der Waals surface area (Å²) in [6, 6.07) is 16.0. The third kappa shape index (κ3) is 5.09. The van der Waals surface area contributed by atoms with E-state index in [1.54, 1.807) is 19.4 Å². The van der Waals surface area contributed by atoms with Gasteiger partial charge in [0.2, 0.25) is 5.91 Å². The summed E-state index contributed by atoms with van der Waals surface area (Å²) in [5, 5.41) is 3.79. The minimum absolute atomic E-state index is 0.0546. The number of benzene rings is 2. The molecule has 172 valence electrons. The van der Waals surface area contributed by atoms with E-state index in [0.717, 1.165) is 39.2 Å². The van der Waals surface area contributed by atoms with Crippen LogP contribution in [0.25, 0.3) is 22.2 Å². The molecule has 4 rings (SSSR count). The number of amides is 1. The van der Waals surface area contributed by atoms with Gasteiger partial charge in [0.05, 0.1) is 19.4 Å². The Labute approximate surface area is 192 Å². The fourth-order valence-corrected chi connectivity index (χ4v) is 4.04. The van der Waals surface area contributed by atoms with Gasteiger partial charge in [0, 0.05) is 29.6 Å². The molecule has 2 aromatic carbocycles. The Morgan fingerprint density at radius 1 is 1.18 bits per heavy atom. The van der Waals surface area contributed by atoms with Crippen LogP contribution in [0.1, 0.15) is 23.8 Å². The molecular weight excluding hydrogens is 421 g/mol. The number of H-pyrrole nitrogens is 1. The van der Waals surface area contributed by atoms with Gasteiger partial charge in [-0.1, -0.05) is 0 Å². The van der Waals surface area contributed by atoms with Crippen LogP contribution in [0.5, 0.6) is 5.75 Å². The Balaban J connectivity index is 1.52. The lowest BCUT2D eigenvalue weighted by molar-refractivity contribution is -0.121. The molecule has 1 atom stereocenters. The molecule has 7 heteroatoms. The normalized spacial score (nSPS) is 12.3. The van der Waals surface area contributed by atoms with Crippen LogP contribution in [-0.4, -0.2) is 43.5 Å². The van der Waals surface area contributed by atoms with E-state index in [9.17, 15) is 9.18 Å². The number of aromatic amines is 1. The van der Waals surface area contributed by atoms with Crippen LogP contribution < -0.4 is 10.1 Å². The Hall–Kier alpha value is -3.58. The summed E-state index contributed by atoms with van der Waals surface area (Å²) < 4.78 is 24.8. The third-order valence-electron chi connectivity index (χ3n) is 5.84. The van der Waals surface area contributed by atoms with Gasteiger partial charge < -0.3 is 19.5 Å².